The van der Waals surface area contributed by atoms with Crippen molar-refractivity contribution < 1.29 is 14.1 Å². The van der Waals surface area contributed by atoms with Crippen LogP contribution in [0, 0.1) is 21.8 Å². The summed E-state index contributed by atoms with van der Waals surface area (Å²) < 4.78 is 13.4. The number of carbonyl (C=O) groups is 1. The molecule has 0 atom stereocenters. The fraction of sp³-hybridized carbons (Fsp3) is 0.533. The van der Waals surface area contributed by atoms with Crippen LogP contribution in [0.15, 0.2) is 18.2 Å². The first-order chi connectivity index (χ1) is 10.5. The van der Waals surface area contributed by atoms with E-state index in [-0.39, 0.29) is 23.9 Å². The molecule has 128 valence electrons. The summed E-state index contributed by atoms with van der Waals surface area (Å²) in [4.78, 5) is 24.1. The predicted octanol–water partition coefficient (Wildman–Crippen LogP) is 2.62. The van der Waals surface area contributed by atoms with Crippen molar-refractivity contribution >= 4 is 24.0 Å². The number of hydrogen-bond acceptors (Lipinski definition) is 4. The zero-order valence-electron chi connectivity index (χ0n) is 13.0. The summed E-state index contributed by atoms with van der Waals surface area (Å²) in [7, 11) is 0. The van der Waals surface area contributed by atoms with Crippen molar-refractivity contribution in [2.75, 3.05) is 26.2 Å². The molecule has 0 spiro atoms. The van der Waals surface area contributed by atoms with E-state index in [9.17, 15) is 19.3 Å². The Hall–Kier alpha value is -1.73. The van der Waals surface area contributed by atoms with Gasteiger partial charge in [0.1, 0.15) is 5.82 Å². The molecule has 1 heterocycles. The predicted molar refractivity (Wildman–Crippen MR) is 87.5 cm³/mol. The van der Waals surface area contributed by atoms with Gasteiger partial charge in [0.15, 0.2) is 0 Å². The van der Waals surface area contributed by atoms with E-state index < -0.39 is 16.4 Å². The molecule has 0 bridgehead atoms. The fourth-order valence-corrected chi connectivity index (χ4v) is 2.67. The molecule has 1 aliphatic heterocycles. The van der Waals surface area contributed by atoms with Gasteiger partial charge in [-0.1, -0.05) is 6.92 Å². The number of hydrogen-bond donors (Lipinski definition) is 1. The third-order valence-corrected chi connectivity index (χ3v) is 3.93. The summed E-state index contributed by atoms with van der Waals surface area (Å²) in [5.41, 5.74) is -0.359. The third kappa shape index (κ3) is 5.14. The first kappa shape index (κ1) is 19.3. The highest BCUT2D eigenvalue weighted by atomic mass is 35.5. The standard InChI is InChI=1S/C15H20FN3O3.ClH/c1-2-17-10-11-3-5-18(6-4-11)15(20)12-7-13(16)9-14(8-12)19(21)22;/h7-9,11,17H,2-6,10H2,1H3;1H. The van der Waals surface area contributed by atoms with Gasteiger partial charge in [0.25, 0.3) is 11.6 Å². The van der Waals surface area contributed by atoms with Crippen LogP contribution in [0.4, 0.5) is 10.1 Å². The molecule has 1 fully saturated rings. The highest BCUT2D eigenvalue weighted by molar-refractivity contribution is 5.95. The van der Waals surface area contributed by atoms with Crippen molar-refractivity contribution in [2.24, 2.45) is 5.92 Å². The number of nitrogens with zero attached hydrogens (tertiary/aromatic N) is 2. The fourth-order valence-electron chi connectivity index (χ4n) is 2.67. The minimum Gasteiger partial charge on any atom is -0.339 e. The average molecular weight is 346 g/mol. The number of likely N-dealkylation sites (tertiary alicyclic amines) is 1. The van der Waals surface area contributed by atoms with E-state index in [1.807, 2.05) is 0 Å². The second kappa shape index (κ2) is 8.79. The number of non-ortho nitro benzene ring substituents is 1. The second-order valence-electron chi connectivity index (χ2n) is 5.50. The molecule has 1 aliphatic rings. The summed E-state index contributed by atoms with van der Waals surface area (Å²) >= 11 is 0. The van der Waals surface area contributed by atoms with Gasteiger partial charge < -0.3 is 10.2 Å². The van der Waals surface area contributed by atoms with Crippen molar-refractivity contribution in [3.05, 3.63) is 39.7 Å². The molecule has 0 aliphatic carbocycles. The smallest absolute Gasteiger partial charge is 0.273 e. The first-order valence-electron chi connectivity index (χ1n) is 7.46. The Labute approximate surface area is 140 Å². The lowest BCUT2D eigenvalue weighted by molar-refractivity contribution is -0.385. The molecule has 0 unspecified atom stereocenters. The number of piperidine rings is 1. The zero-order chi connectivity index (χ0) is 16.1. The molecular formula is C15H21ClFN3O3. The molecular weight excluding hydrogens is 325 g/mol. The molecule has 0 saturated carbocycles. The van der Waals surface area contributed by atoms with Gasteiger partial charge in [0.05, 0.1) is 11.0 Å². The number of carbonyl (C=O) groups excluding carboxylic acids is 1. The maximum atomic E-state index is 13.4. The average Bonchev–Trinajstić information content (AvgIpc) is 2.52. The quantitative estimate of drug-likeness (QED) is 0.657. The van der Waals surface area contributed by atoms with Crippen molar-refractivity contribution in [1.29, 1.82) is 0 Å². The normalized spacial score (nSPS) is 15.1. The van der Waals surface area contributed by atoms with Gasteiger partial charge >= 0.3 is 0 Å². The van der Waals surface area contributed by atoms with E-state index in [4.69, 9.17) is 0 Å². The number of nitro groups is 1. The van der Waals surface area contributed by atoms with Crippen LogP contribution in [-0.4, -0.2) is 41.9 Å². The molecule has 0 radical (unpaired) electrons. The van der Waals surface area contributed by atoms with Gasteiger partial charge in [-0.05, 0) is 37.9 Å². The van der Waals surface area contributed by atoms with Gasteiger partial charge in [0, 0.05) is 24.7 Å². The molecule has 1 aromatic carbocycles. The van der Waals surface area contributed by atoms with Crippen molar-refractivity contribution in [2.45, 2.75) is 19.8 Å². The van der Waals surface area contributed by atoms with E-state index >= 15 is 0 Å². The Balaban J connectivity index is 0.00000264. The number of nitrogens with one attached hydrogen (secondary N) is 1. The summed E-state index contributed by atoms with van der Waals surface area (Å²) in [5.74, 6) is -0.574. The molecule has 0 aromatic heterocycles. The van der Waals surface area contributed by atoms with Gasteiger partial charge in [-0.15, -0.1) is 12.4 Å². The minimum absolute atomic E-state index is 0. The summed E-state index contributed by atoms with van der Waals surface area (Å²) in [6.07, 6.45) is 1.77. The van der Waals surface area contributed by atoms with Crippen LogP contribution in [0.2, 0.25) is 0 Å². The Kier molecular flexibility index (Phi) is 7.38. The lowest BCUT2D eigenvalue weighted by Gasteiger charge is -2.32. The van der Waals surface area contributed by atoms with Crippen LogP contribution in [0.1, 0.15) is 30.1 Å². The van der Waals surface area contributed by atoms with Gasteiger partial charge in [0.2, 0.25) is 0 Å². The number of benzene rings is 1. The zero-order valence-corrected chi connectivity index (χ0v) is 13.8. The van der Waals surface area contributed by atoms with Crippen LogP contribution in [0.25, 0.3) is 0 Å². The Morgan fingerprint density at radius 2 is 2.04 bits per heavy atom. The van der Waals surface area contributed by atoms with Crippen molar-refractivity contribution in [1.82, 2.24) is 10.2 Å². The van der Waals surface area contributed by atoms with Gasteiger partial charge in [-0.25, -0.2) is 4.39 Å². The number of rotatable bonds is 5. The number of amides is 1. The molecule has 1 saturated heterocycles. The molecule has 6 nitrogen and oxygen atoms in total. The SMILES string of the molecule is CCNCC1CCN(C(=O)c2cc(F)cc([N+](=O)[O-])c2)CC1.Cl. The summed E-state index contributed by atoms with van der Waals surface area (Å²) in [5, 5.41) is 14.0. The topological polar surface area (TPSA) is 75.5 Å². The Bertz CT molecular complexity index is 563. The van der Waals surface area contributed by atoms with E-state index in [1.54, 1.807) is 4.90 Å². The largest absolute Gasteiger partial charge is 0.339 e. The van der Waals surface area contributed by atoms with Gasteiger partial charge in [-0.3, -0.25) is 14.9 Å². The molecule has 23 heavy (non-hydrogen) atoms. The van der Waals surface area contributed by atoms with E-state index in [0.717, 1.165) is 44.1 Å². The van der Waals surface area contributed by atoms with E-state index in [1.165, 1.54) is 0 Å². The van der Waals surface area contributed by atoms with Crippen LogP contribution in [-0.2, 0) is 0 Å². The van der Waals surface area contributed by atoms with Crippen molar-refractivity contribution in [3.63, 3.8) is 0 Å². The molecule has 1 N–H and O–H groups in total. The van der Waals surface area contributed by atoms with E-state index in [0.29, 0.717) is 19.0 Å². The molecule has 1 aromatic rings. The number of halogens is 2. The third-order valence-electron chi connectivity index (χ3n) is 3.93. The van der Waals surface area contributed by atoms with Crippen molar-refractivity contribution in [3.8, 4) is 0 Å². The lowest BCUT2D eigenvalue weighted by Crippen LogP contribution is -2.40. The van der Waals surface area contributed by atoms with Crippen LogP contribution in [0.3, 0.4) is 0 Å². The molecule has 8 heteroatoms. The molecule has 1 amide bonds. The highest BCUT2D eigenvalue weighted by Gasteiger charge is 2.25. The first-order valence-corrected chi connectivity index (χ1v) is 7.46. The maximum absolute atomic E-state index is 13.4. The van der Waals surface area contributed by atoms with Crippen LogP contribution >= 0.6 is 12.4 Å². The van der Waals surface area contributed by atoms with E-state index in [2.05, 4.69) is 12.2 Å². The minimum atomic E-state index is -0.764. The van der Waals surface area contributed by atoms with Crippen LogP contribution in [0.5, 0.6) is 0 Å². The summed E-state index contributed by atoms with van der Waals surface area (Å²) in [6.45, 7) is 5.10. The Morgan fingerprint density at radius 3 is 2.61 bits per heavy atom. The maximum Gasteiger partial charge on any atom is 0.273 e. The monoisotopic (exact) mass is 345 g/mol. The van der Waals surface area contributed by atoms with Gasteiger partial charge in [-0.2, -0.15) is 0 Å². The highest BCUT2D eigenvalue weighted by Crippen LogP contribution is 2.21. The summed E-state index contributed by atoms with van der Waals surface area (Å²) in [6, 6.07) is 3.01. The lowest BCUT2D eigenvalue weighted by atomic mass is 9.96. The van der Waals surface area contributed by atoms with Crippen LogP contribution < -0.4 is 5.32 Å². The second-order valence-corrected chi connectivity index (χ2v) is 5.50. The molecule has 2 rings (SSSR count). The Morgan fingerprint density at radius 1 is 1.39 bits per heavy atom. The number of nitro benzene ring substituents is 1.